The van der Waals surface area contributed by atoms with Crippen LogP contribution in [-0.4, -0.2) is 0 Å². The van der Waals surface area contributed by atoms with Gasteiger partial charge in [-0.1, -0.05) is 29.9 Å². The normalized spacial score (nSPS) is 13.6. The average molecular weight is 136 g/mol. The monoisotopic (exact) mass is 136 g/mol. The van der Waals surface area contributed by atoms with E-state index in [4.69, 9.17) is 0 Å². The Labute approximate surface area is 64.0 Å². The zero-order valence-corrected chi connectivity index (χ0v) is 7.36. The van der Waals surface area contributed by atoms with Crippen molar-refractivity contribution in [3.63, 3.8) is 0 Å². The number of hydrogen-bond acceptors (Lipinski definition) is 0. The second-order valence-corrected chi connectivity index (χ2v) is 2.65. The van der Waals surface area contributed by atoms with Crippen LogP contribution in [0.15, 0.2) is 35.5 Å². The van der Waals surface area contributed by atoms with Crippen molar-refractivity contribution in [2.75, 3.05) is 0 Å². The third kappa shape index (κ3) is 3.29. The second-order valence-electron chi connectivity index (χ2n) is 2.65. The Hall–Kier alpha value is -0.780. The summed E-state index contributed by atoms with van der Waals surface area (Å²) in [7, 11) is 0. The Morgan fingerprint density at radius 2 is 1.60 bits per heavy atom. The van der Waals surface area contributed by atoms with E-state index in [0.29, 0.717) is 0 Å². The van der Waals surface area contributed by atoms with Crippen molar-refractivity contribution < 1.29 is 0 Å². The molecule has 0 atom stereocenters. The van der Waals surface area contributed by atoms with E-state index >= 15 is 0 Å². The van der Waals surface area contributed by atoms with E-state index in [0.717, 1.165) is 5.57 Å². The summed E-state index contributed by atoms with van der Waals surface area (Å²) in [5.41, 5.74) is 3.73. The third-order valence-electron chi connectivity index (χ3n) is 1.52. The van der Waals surface area contributed by atoms with Crippen LogP contribution in [-0.2, 0) is 0 Å². The average Bonchev–Trinajstić information content (AvgIpc) is 1.85. The maximum atomic E-state index is 3.81. The standard InChI is InChI=1S/C10H16/c1-6-9(4)10(5)7-8(2)3/h6-7H,2H2,1,3-5H3. The summed E-state index contributed by atoms with van der Waals surface area (Å²) in [6.45, 7) is 12.1. The van der Waals surface area contributed by atoms with Crippen molar-refractivity contribution in [1.82, 2.24) is 0 Å². The van der Waals surface area contributed by atoms with E-state index in [-0.39, 0.29) is 0 Å². The van der Waals surface area contributed by atoms with Crippen molar-refractivity contribution in [2.45, 2.75) is 27.7 Å². The number of hydrogen-bond donors (Lipinski definition) is 0. The fourth-order valence-corrected chi connectivity index (χ4v) is 0.711. The fraction of sp³-hybridized carbons (Fsp3) is 0.400. The maximum Gasteiger partial charge on any atom is -0.0395 e. The highest BCUT2D eigenvalue weighted by Crippen LogP contribution is 2.09. The van der Waals surface area contributed by atoms with Crippen molar-refractivity contribution in [3.8, 4) is 0 Å². The molecule has 0 rings (SSSR count). The minimum absolute atomic E-state index is 1.11. The van der Waals surface area contributed by atoms with Gasteiger partial charge in [-0.2, -0.15) is 0 Å². The van der Waals surface area contributed by atoms with Crippen molar-refractivity contribution >= 4 is 0 Å². The van der Waals surface area contributed by atoms with Crippen LogP contribution in [0.25, 0.3) is 0 Å². The molecule has 0 fully saturated rings. The summed E-state index contributed by atoms with van der Waals surface area (Å²) in [4.78, 5) is 0. The van der Waals surface area contributed by atoms with E-state index < -0.39 is 0 Å². The molecule has 0 N–H and O–H groups in total. The van der Waals surface area contributed by atoms with Crippen LogP contribution in [0.5, 0.6) is 0 Å². The molecule has 0 bridgehead atoms. The first-order valence-electron chi connectivity index (χ1n) is 3.55. The molecule has 56 valence electrons. The molecule has 0 amide bonds. The predicted molar refractivity (Wildman–Crippen MR) is 48.0 cm³/mol. The highest BCUT2D eigenvalue weighted by Gasteiger charge is 1.88. The highest BCUT2D eigenvalue weighted by atomic mass is 13.9. The van der Waals surface area contributed by atoms with Gasteiger partial charge < -0.3 is 0 Å². The first kappa shape index (κ1) is 9.22. The lowest BCUT2D eigenvalue weighted by atomic mass is 10.1. The van der Waals surface area contributed by atoms with Crippen molar-refractivity contribution in [1.29, 1.82) is 0 Å². The van der Waals surface area contributed by atoms with E-state index in [9.17, 15) is 0 Å². The van der Waals surface area contributed by atoms with Crippen LogP contribution in [0.2, 0.25) is 0 Å². The summed E-state index contributed by atoms with van der Waals surface area (Å²) in [5.74, 6) is 0. The molecule has 0 aromatic heterocycles. The Bertz CT molecular complexity index is 180. The van der Waals surface area contributed by atoms with Gasteiger partial charge in [0.2, 0.25) is 0 Å². The molecule has 0 saturated carbocycles. The minimum atomic E-state index is 1.11. The molecule has 0 aromatic rings. The van der Waals surface area contributed by atoms with Gasteiger partial charge in [-0.15, -0.1) is 0 Å². The van der Waals surface area contributed by atoms with Gasteiger partial charge in [-0.25, -0.2) is 0 Å². The molecule has 0 heterocycles. The molecule has 0 unspecified atom stereocenters. The molecule has 0 aromatic carbocycles. The molecule has 0 spiro atoms. The molecule has 0 saturated heterocycles. The zero-order chi connectivity index (χ0) is 8.15. The lowest BCUT2D eigenvalue weighted by Gasteiger charge is -1.98. The highest BCUT2D eigenvalue weighted by molar-refractivity contribution is 5.32. The van der Waals surface area contributed by atoms with Gasteiger partial charge in [0.05, 0.1) is 0 Å². The Morgan fingerprint density at radius 3 is 1.90 bits per heavy atom. The lowest BCUT2D eigenvalue weighted by molar-refractivity contribution is 1.31. The quantitative estimate of drug-likeness (QED) is 0.510. The van der Waals surface area contributed by atoms with Crippen LogP contribution in [0, 0.1) is 0 Å². The second kappa shape index (κ2) is 4.10. The van der Waals surface area contributed by atoms with E-state index in [1.807, 2.05) is 13.8 Å². The minimum Gasteiger partial charge on any atom is -0.0961 e. The molecule has 0 nitrogen and oxygen atoms in total. The molecule has 0 radical (unpaired) electrons. The van der Waals surface area contributed by atoms with Gasteiger partial charge >= 0.3 is 0 Å². The van der Waals surface area contributed by atoms with Crippen LogP contribution in [0.3, 0.4) is 0 Å². The predicted octanol–water partition coefficient (Wildman–Crippen LogP) is 3.48. The van der Waals surface area contributed by atoms with Gasteiger partial charge in [0.15, 0.2) is 0 Å². The van der Waals surface area contributed by atoms with Crippen molar-refractivity contribution in [2.24, 2.45) is 0 Å². The molecule has 0 aliphatic heterocycles. The smallest absolute Gasteiger partial charge is 0.0395 e. The maximum absolute atomic E-state index is 3.81. The van der Waals surface area contributed by atoms with Gasteiger partial charge in [-0.05, 0) is 33.3 Å². The van der Waals surface area contributed by atoms with Crippen LogP contribution < -0.4 is 0 Å². The van der Waals surface area contributed by atoms with Crippen LogP contribution in [0.1, 0.15) is 27.7 Å². The van der Waals surface area contributed by atoms with E-state index in [1.165, 1.54) is 11.1 Å². The van der Waals surface area contributed by atoms with Gasteiger partial charge in [0, 0.05) is 0 Å². The van der Waals surface area contributed by atoms with Gasteiger partial charge in [-0.3, -0.25) is 0 Å². The number of allylic oxidation sites excluding steroid dienone is 5. The zero-order valence-electron chi connectivity index (χ0n) is 7.36. The molecule has 0 heteroatoms. The molecular weight excluding hydrogens is 120 g/mol. The largest absolute Gasteiger partial charge is 0.0961 e. The first-order chi connectivity index (χ1) is 4.57. The Kier molecular flexibility index (Phi) is 3.78. The summed E-state index contributed by atoms with van der Waals surface area (Å²) in [6.07, 6.45) is 4.20. The van der Waals surface area contributed by atoms with Gasteiger partial charge in [0.1, 0.15) is 0 Å². The topological polar surface area (TPSA) is 0 Å². The summed E-state index contributed by atoms with van der Waals surface area (Å²) >= 11 is 0. The summed E-state index contributed by atoms with van der Waals surface area (Å²) in [5, 5.41) is 0. The first-order valence-corrected chi connectivity index (χ1v) is 3.55. The number of rotatable bonds is 2. The fourth-order valence-electron chi connectivity index (χ4n) is 0.711. The summed E-state index contributed by atoms with van der Waals surface area (Å²) in [6, 6.07) is 0. The summed E-state index contributed by atoms with van der Waals surface area (Å²) < 4.78 is 0. The molecule has 0 aliphatic carbocycles. The molecular formula is C10H16. The van der Waals surface area contributed by atoms with Gasteiger partial charge in [0.25, 0.3) is 0 Å². The van der Waals surface area contributed by atoms with Crippen LogP contribution >= 0.6 is 0 Å². The Morgan fingerprint density at radius 1 is 1.10 bits per heavy atom. The van der Waals surface area contributed by atoms with E-state index in [2.05, 4.69) is 32.6 Å². The molecule has 0 aliphatic rings. The van der Waals surface area contributed by atoms with Crippen molar-refractivity contribution in [3.05, 3.63) is 35.5 Å². The van der Waals surface area contributed by atoms with Crippen LogP contribution in [0.4, 0.5) is 0 Å². The Balaban J connectivity index is 4.35. The lowest BCUT2D eigenvalue weighted by Crippen LogP contribution is -1.78. The third-order valence-corrected chi connectivity index (χ3v) is 1.52. The van der Waals surface area contributed by atoms with E-state index in [1.54, 1.807) is 0 Å². The molecule has 10 heavy (non-hydrogen) atoms. The SMILES string of the molecule is C=C(C)C=C(C)C(C)=CC.